The van der Waals surface area contributed by atoms with E-state index in [1.54, 1.807) is 11.8 Å². The number of carbonyl (C=O) groups is 1. The highest BCUT2D eigenvalue weighted by Gasteiger charge is 2.34. The standard InChI is InChI=1S/C17H16F4N2O3S3/c18-12-2-1-11(13(9-12)17(19,20)21)10-22-16(24)15-14(3-6-28-15)29(25,26)23-4-7-27-8-5-23/h1-3,6,9H,4-5,7-8,10H2,(H,22,24). The Morgan fingerprint density at radius 1 is 1.17 bits per heavy atom. The summed E-state index contributed by atoms with van der Waals surface area (Å²) in [7, 11) is -3.87. The summed E-state index contributed by atoms with van der Waals surface area (Å²) in [6.45, 7) is 0.133. The lowest BCUT2D eigenvalue weighted by Crippen LogP contribution is -2.38. The molecule has 2 heterocycles. The van der Waals surface area contributed by atoms with E-state index in [-0.39, 0.29) is 15.3 Å². The summed E-state index contributed by atoms with van der Waals surface area (Å²) in [4.78, 5) is 12.3. The maximum absolute atomic E-state index is 13.2. The zero-order chi connectivity index (χ0) is 21.2. The van der Waals surface area contributed by atoms with E-state index in [0.29, 0.717) is 30.7 Å². The topological polar surface area (TPSA) is 66.5 Å². The van der Waals surface area contributed by atoms with E-state index in [1.165, 1.54) is 15.8 Å². The number of nitrogens with one attached hydrogen (secondary N) is 1. The Labute approximate surface area is 173 Å². The predicted molar refractivity (Wildman–Crippen MR) is 103 cm³/mol. The third kappa shape index (κ3) is 4.93. The first-order valence-corrected chi connectivity index (χ1v) is 11.9. The Balaban J connectivity index is 1.80. The number of rotatable bonds is 5. The first kappa shape index (κ1) is 22.1. The molecule has 1 amide bonds. The second kappa shape index (κ2) is 8.62. The summed E-state index contributed by atoms with van der Waals surface area (Å²) >= 11 is 2.52. The van der Waals surface area contributed by atoms with Crippen LogP contribution >= 0.6 is 23.1 Å². The number of alkyl halides is 3. The van der Waals surface area contributed by atoms with Gasteiger partial charge in [0, 0.05) is 31.1 Å². The van der Waals surface area contributed by atoms with E-state index in [2.05, 4.69) is 5.32 Å². The van der Waals surface area contributed by atoms with E-state index >= 15 is 0 Å². The number of carbonyl (C=O) groups excluding carboxylic acids is 1. The maximum atomic E-state index is 13.2. The van der Waals surface area contributed by atoms with Gasteiger partial charge in [-0.05, 0) is 29.1 Å². The SMILES string of the molecule is O=C(NCc1ccc(F)cc1C(F)(F)F)c1sccc1S(=O)(=O)N1CCSCC1. The lowest BCUT2D eigenvalue weighted by molar-refractivity contribution is -0.138. The average Bonchev–Trinajstić information content (AvgIpc) is 3.17. The largest absolute Gasteiger partial charge is 0.416 e. The van der Waals surface area contributed by atoms with Gasteiger partial charge in [0.1, 0.15) is 15.6 Å². The van der Waals surface area contributed by atoms with Crippen LogP contribution < -0.4 is 5.32 Å². The van der Waals surface area contributed by atoms with Crippen LogP contribution in [0.3, 0.4) is 0 Å². The number of hydrogen-bond acceptors (Lipinski definition) is 5. The van der Waals surface area contributed by atoms with Gasteiger partial charge < -0.3 is 5.32 Å². The first-order valence-electron chi connectivity index (χ1n) is 8.40. The Morgan fingerprint density at radius 3 is 2.52 bits per heavy atom. The van der Waals surface area contributed by atoms with Crippen LogP contribution in [0.5, 0.6) is 0 Å². The monoisotopic (exact) mass is 468 g/mol. The fourth-order valence-corrected chi connectivity index (χ4v) is 6.71. The van der Waals surface area contributed by atoms with Crippen molar-refractivity contribution in [1.29, 1.82) is 0 Å². The molecule has 29 heavy (non-hydrogen) atoms. The smallest absolute Gasteiger partial charge is 0.347 e. The number of benzene rings is 1. The van der Waals surface area contributed by atoms with Crippen molar-refractivity contribution in [3.63, 3.8) is 0 Å². The number of sulfonamides is 1. The highest BCUT2D eigenvalue weighted by atomic mass is 32.2. The van der Waals surface area contributed by atoms with E-state index in [0.717, 1.165) is 23.5 Å². The molecular formula is C17H16F4N2O3S3. The summed E-state index contributed by atoms with van der Waals surface area (Å²) in [5, 5.41) is 3.75. The zero-order valence-corrected chi connectivity index (χ0v) is 17.3. The summed E-state index contributed by atoms with van der Waals surface area (Å²) in [6, 6.07) is 3.48. The molecule has 5 nitrogen and oxygen atoms in total. The van der Waals surface area contributed by atoms with Crippen molar-refractivity contribution >= 4 is 39.0 Å². The Kier molecular flexibility index (Phi) is 6.56. The van der Waals surface area contributed by atoms with Crippen LogP contribution in [-0.2, 0) is 22.7 Å². The predicted octanol–water partition coefficient (Wildman–Crippen LogP) is 3.57. The van der Waals surface area contributed by atoms with Crippen molar-refractivity contribution in [3.05, 3.63) is 51.5 Å². The van der Waals surface area contributed by atoms with Crippen molar-refractivity contribution in [2.24, 2.45) is 0 Å². The van der Waals surface area contributed by atoms with Crippen molar-refractivity contribution in [2.75, 3.05) is 24.6 Å². The molecule has 0 spiro atoms. The number of thioether (sulfide) groups is 1. The molecule has 158 valence electrons. The first-order chi connectivity index (χ1) is 13.6. The highest BCUT2D eigenvalue weighted by Crippen LogP contribution is 2.33. The molecule has 3 rings (SSSR count). The van der Waals surface area contributed by atoms with E-state index in [9.17, 15) is 30.8 Å². The molecule has 2 aromatic rings. The lowest BCUT2D eigenvalue weighted by Gasteiger charge is -2.25. The number of hydrogen-bond donors (Lipinski definition) is 1. The van der Waals surface area contributed by atoms with Gasteiger partial charge in [0.05, 0.1) is 5.56 Å². The van der Waals surface area contributed by atoms with Crippen LogP contribution in [0.25, 0.3) is 0 Å². The molecule has 0 radical (unpaired) electrons. The molecule has 0 saturated carbocycles. The number of thiophene rings is 1. The fraction of sp³-hybridized carbons (Fsp3) is 0.353. The lowest BCUT2D eigenvalue weighted by atomic mass is 10.1. The molecule has 0 aliphatic carbocycles. The van der Waals surface area contributed by atoms with Gasteiger partial charge in [-0.15, -0.1) is 11.3 Å². The van der Waals surface area contributed by atoms with Gasteiger partial charge in [-0.25, -0.2) is 12.8 Å². The number of nitrogens with zero attached hydrogens (tertiary/aromatic N) is 1. The van der Waals surface area contributed by atoms with E-state index < -0.39 is 40.0 Å². The quantitative estimate of drug-likeness (QED) is 0.682. The van der Waals surface area contributed by atoms with Crippen molar-refractivity contribution in [1.82, 2.24) is 9.62 Å². The third-order valence-corrected chi connectivity index (χ3v) is 8.17. The molecule has 1 saturated heterocycles. The molecule has 1 aromatic heterocycles. The molecule has 1 aliphatic rings. The van der Waals surface area contributed by atoms with Gasteiger partial charge in [-0.3, -0.25) is 4.79 Å². The van der Waals surface area contributed by atoms with Gasteiger partial charge in [-0.1, -0.05) is 6.07 Å². The van der Waals surface area contributed by atoms with Crippen LogP contribution in [0, 0.1) is 5.82 Å². The van der Waals surface area contributed by atoms with Crippen molar-refractivity contribution in [3.8, 4) is 0 Å². The second-order valence-corrected chi connectivity index (χ2v) is 10.2. The summed E-state index contributed by atoms with van der Waals surface area (Å²) < 4.78 is 79.4. The molecule has 0 atom stereocenters. The Morgan fingerprint density at radius 2 is 1.86 bits per heavy atom. The molecule has 1 fully saturated rings. The van der Waals surface area contributed by atoms with Gasteiger partial charge >= 0.3 is 6.18 Å². The van der Waals surface area contributed by atoms with E-state index in [4.69, 9.17) is 0 Å². The highest BCUT2D eigenvalue weighted by molar-refractivity contribution is 7.99. The summed E-state index contributed by atoms with van der Waals surface area (Å²) in [5.41, 5.74) is -1.51. The Hall–Kier alpha value is -1.63. The minimum Gasteiger partial charge on any atom is -0.347 e. The van der Waals surface area contributed by atoms with Gasteiger partial charge in [0.15, 0.2) is 0 Å². The van der Waals surface area contributed by atoms with Crippen LogP contribution in [0.1, 0.15) is 20.8 Å². The fourth-order valence-electron chi connectivity index (χ4n) is 2.81. The van der Waals surface area contributed by atoms with Gasteiger partial charge in [-0.2, -0.15) is 29.2 Å². The molecule has 1 N–H and O–H groups in total. The molecule has 0 bridgehead atoms. The average molecular weight is 469 g/mol. The molecular weight excluding hydrogens is 452 g/mol. The van der Waals surface area contributed by atoms with E-state index in [1.807, 2.05) is 0 Å². The van der Waals surface area contributed by atoms with Crippen LogP contribution in [0.15, 0.2) is 34.5 Å². The minimum atomic E-state index is -4.79. The molecule has 1 aliphatic heterocycles. The second-order valence-electron chi connectivity index (χ2n) is 6.11. The molecule has 12 heteroatoms. The summed E-state index contributed by atoms with van der Waals surface area (Å²) in [6.07, 6.45) is -4.79. The Bertz CT molecular complexity index is 1000. The van der Waals surface area contributed by atoms with Crippen molar-refractivity contribution in [2.45, 2.75) is 17.6 Å². The van der Waals surface area contributed by atoms with Crippen LogP contribution in [0.4, 0.5) is 17.6 Å². The number of halogens is 4. The van der Waals surface area contributed by atoms with Gasteiger partial charge in [0.25, 0.3) is 5.91 Å². The van der Waals surface area contributed by atoms with Gasteiger partial charge in [0.2, 0.25) is 10.0 Å². The summed E-state index contributed by atoms with van der Waals surface area (Å²) in [5.74, 6) is -0.549. The van der Waals surface area contributed by atoms with Crippen LogP contribution in [-0.4, -0.2) is 43.2 Å². The molecule has 0 unspecified atom stereocenters. The minimum absolute atomic E-state index is 0.0982. The van der Waals surface area contributed by atoms with Crippen molar-refractivity contribution < 1.29 is 30.8 Å². The third-order valence-electron chi connectivity index (χ3n) is 4.24. The molecule has 1 aromatic carbocycles. The normalized spacial score (nSPS) is 16.0. The van der Waals surface area contributed by atoms with Crippen LogP contribution in [0.2, 0.25) is 0 Å². The maximum Gasteiger partial charge on any atom is 0.416 e. The zero-order valence-electron chi connectivity index (χ0n) is 14.8. The number of amides is 1.